The van der Waals surface area contributed by atoms with Gasteiger partial charge in [-0.2, -0.15) is 5.26 Å². The molecule has 3 heteroatoms. The third kappa shape index (κ3) is 3.76. The molecule has 0 unspecified atom stereocenters. The summed E-state index contributed by atoms with van der Waals surface area (Å²) in [5.41, 5.74) is 1.78. The average molecular weight is 232 g/mol. The van der Waals surface area contributed by atoms with Gasteiger partial charge in [-0.05, 0) is 37.2 Å². The number of hydrogen-bond donors (Lipinski definition) is 0. The zero-order chi connectivity index (χ0) is 12.7. The molecule has 0 aliphatic rings. The molecule has 0 atom stereocenters. The highest BCUT2D eigenvalue weighted by Crippen LogP contribution is 2.20. The highest BCUT2D eigenvalue weighted by molar-refractivity contribution is 5.45. The molecule has 0 saturated heterocycles. The number of methoxy groups -OCH3 is 1. The summed E-state index contributed by atoms with van der Waals surface area (Å²) in [4.78, 5) is 2.38. The lowest BCUT2D eigenvalue weighted by Crippen LogP contribution is -2.23. The molecule has 0 heterocycles. The lowest BCUT2D eigenvalue weighted by Gasteiger charge is -2.19. The number of rotatable bonds is 6. The second-order valence-corrected chi connectivity index (χ2v) is 4.02. The molecule has 3 nitrogen and oxygen atoms in total. The van der Waals surface area contributed by atoms with Gasteiger partial charge in [-0.1, -0.05) is 19.9 Å². The lowest BCUT2D eigenvalue weighted by atomic mass is 10.1. The predicted molar refractivity (Wildman–Crippen MR) is 69.0 cm³/mol. The third-order valence-electron chi connectivity index (χ3n) is 2.78. The van der Waals surface area contributed by atoms with Gasteiger partial charge in [-0.25, -0.2) is 0 Å². The molecule has 0 aliphatic carbocycles. The van der Waals surface area contributed by atoms with Crippen molar-refractivity contribution in [2.75, 3.05) is 20.2 Å². The van der Waals surface area contributed by atoms with Crippen LogP contribution in [0.3, 0.4) is 0 Å². The molecule has 92 valence electrons. The first-order valence-electron chi connectivity index (χ1n) is 6.04. The maximum atomic E-state index is 8.91. The predicted octanol–water partition coefficient (Wildman–Crippen LogP) is 2.80. The third-order valence-corrected chi connectivity index (χ3v) is 2.78. The quantitative estimate of drug-likeness (QED) is 0.756. The van der Waals surface area contributed by atoms with Gasteiger partial charge in [-0.15, -0.1) is 0 Å². The first-order chi connectivity index (χ1) is 8.24. The fraction of sp³-hybridized carbons (Fsp3) is 0.500. The van der Waals surface area contributed by atoms with Crippen molar-refractivity contribution in [1.29, 1.82) is 5.26 Å². The minimum absolute atomic E-state index is 0.592. The van der Waals surface area contributed by atoms with Crippen LogP contribution < -0.4 is 4.74 Å². The van der Waals surface area contributed by atoms with E-state index >= 15 is 0 Å². The summed E-state index contributed by atoms with van der Waals surface area (Å²) < 4.78 is 5.21. The molecule has 0 N–H and O–H groups in total. The molecule has 0 radical (unpaired) electrons. The van der Waals surface area contributed by atoms with E-state index in [2.05, 4.69) is 24.8 Å². The number of nitrogens with zero attached hydrogens (tertiary/aromatic N) is 2. The summed E-state index contributed by atoms with van der Waals surface area (Å²) in [7, 11) is 1.60. The van der Waals surface area contributed by atoms with E-state index in [0.29, 0.717) is 11.3 Å². The molecule has 17 heavy (non-hydrogen) atoms. The molecule has 0 spiro atoms. The van der Waals surface area contributed by atoms with Crippen LogP contribution >= 0.6 is 0 Å². The van der Waals surface area contributed by atoms with Gasteiger partial charge in [0, 0.05) is 6.54 Å². The van der Waals surface area contributed by atoms with E-state index in [0.717, 1.165) is 26.1 Å². The van der Waals surface area contributed by atoms with Gasteiger partial charge in [-0.3, -0.25) is 4.90 Å². The van der Waals surface area contributed by atoms with E-state index in [1.165, 1.54) is 5.56 Å². The molecule has 0 aromatic heterocycles. The highest BCUT2D eigenvalue weighted by atomic mass is 16.5. The van der Waals surface area contributed by atoms with E-state index in [-0.39, 0.29) is 0 Å². The van der Waals surface area contributed by atoms with Crippen molar-refractivity contribution in [3.63, 3.8) is 0 Å². The van der Waals surface area contributed by atoms with Crippen LogP contribution in [0.5, 0.6) is 5.75 Å². The molecule has 0 aliphatic heterocycles. The van der Waals surface area contributed by atoms with Gasteiger partial charge in [0.25, 0.3) is 0 Å². The van der Waals surface area contributed by atoms with Crippen LogP contribution in [0.2, 0.25) is 0 Å². The van der Waals surface area contributed by atoms with E-state index in [9.17, 15) is 0 Å². The van der Waals surface area contributed by atoms with Crippen molar-refractivity contribution in [3.05, 3.63) is 29.3 Å². The minimum atomic E-state index is 0.592. The summed E-state index contributed by atoms with van der Waals surface area (Å²) in [6, 6.07) is 7.91. The largest absolute Gasteiger partial charge is 0.495 e. The fourth-order valence-electron chi connectivity index (χ4n) is 1.85. The minimum Gasteiger partial charge on any atom is -0.495 e. The second-order valence-electron chi connectivity index (χ2n) is 4.02. The van der Waals surface area contributed by atoms with Crippen molar-refractivity contribution in [2.24, 2.45) is 0 Å². The molecule has 0 amide bonds. The Hall–Kier alpha value is -1.53. The van der Waals surface area contributed by atoms with E-state index < -0.39 is 0 Å². The monoisotopic (exact) mass is 232 g/mol. The summed E-state index contributed by atoms with van der Waals surface area (Å²) in [5.74, 6) is 0.664. The number of nitriles is 1. The molecular formula is C14H20N2O. The van der Waals surface area contributed by atoms with Crippen molar-refractivity contribution >= 4 is 0 Å². The van der Waals surface area contributed by atoms with Crippen LogP contribution in [-0.2, 0) is 6.54 Å². The van der Waals surface area contributed by atoms with E-state index in [1.807, 2.05) is 18.2 Å². The van der Waals surface area contributed by atoms with Crippen LogP contribution in [0.25, 0.3) is 0 Å². The van der Waals surface area contributed by atoms with Crippen LogP contribution in [0, 0.1) is 11.3 Å². The Morgan fingerprint density at radius 3 is 2.65 bits per heavy atom. The Bertz CT molecular complexity index is 396. The number of ether oxygens (including phenoxy) is 1. The molecule has 1 rings (SSSR count). The Kier molecular flexibility index (Phi) is 5.51. The van der Waals surface area contributed by atoms with Crippen LogP contribution in [0.4, 0.5) is 0 Å². The van der Waals surface area contributed by atoms with Crippen molar-refractivity contribution in [2.45, 2.75) is 26.8 Å². The fourth-order valence-corrected chi connectivity index (χ4v) is 1.85. The van der Waals surface area contributed by atoms with Gasteiger partial charge >= 0.3 is 0 Å². The standard InChI is InChI=1S/C14H20N2O/c1-4-8-16(5-2)11-12-6-7-13(10-15)14(9-12)17-3/h6-7,9H,4-5,8,11H2,1-3H3. The lowest BCUT2D eigenvalue weighted by molar-refractivity contribution is 0.280. The molecule has 1 aromatic rings. The highest BCUT2D eigenvalue weighted by Gasteiger charge is 2.06. The summed E-state index contributed by atoms with van der Waals surface area (Å²) >= 11 is 0. The van der Waals surface area contributed by atoms with Crippen LogP contribution in [0.15, 0.2) is 18.2 Å². The molecule has 1 aromatic carbocycles. The SMILES string of the molecule is CCCN(CC)Cc1ccc(C#N)c(OC)c1. The summed E-state index contributed by atoms with van der Waals surface area (Å²) in [5, 5.41) is 8.91. The number of benzene rings is 1. The van der Waals surface area contributed by atoms with Crippen LogP contribution in [0.1, 0.15) is 31.4 Å². The normalized spacial score (nSPS) is 10.3. The zero-order valence-electron chi connectivity index (χ0n) is 10.9. The van der Waals surface area contributed by atoms with Gasteiger partial charge in [0.05, 0.1) is 12.7 Å². The van der Waals surface area contributed by atoms with Crippen molar-refractivity contribution < 1.29 is 4.74 Å². The molecule has 0 bridgehead atoms. The van der Waals surface area contributed by atoms with E-state index in [4.69, 9.17) is 10.00 Å². The second kappa shape index (κ2) is 6.93. The first-order valence-corrected chi connectivity index (χ1v) is 6.04. The van der Waals surface area contributed by atoms with Gasteiger partial charge in [0.15, 0.2) is 0 Å². The maximum Gasteiger partial charge on any atom is 0.136 e. The smallest absolute Gasteiger partial charge is 0.136 e. The Balaban J connectivity index is 2.82. The molecule has 0 fully saturated rings. The summed E-state index contributed by atoms with van der Waals surface area (Å²) in [6.07, 6.45) is 1.15. The Labute approximate surface area is 104 Å². The Morgan fingerprint density at radius 2 is 2.12 bits per heavy atom. The summed E-state index contributed by atoms with van der Waals surface area (Å²) in [6.45, 7) is 7.39. The topological polar surface area (TPSA) is 36.3 Å². The van der Waals surface area contributed by atoms with E-state index in [1.54, 1.807) is 7.11 Å². The first kappa shape index (κ1) is 13.5. The van der Waals surface area contributed by atoms with Crippen molar-refractivity contribution in [1.82, 2.24) is 4.90 Å². The molecule has 0 saturated carbocycles. The Morgan fingerprint density at radius 1 is 1.35 bits per heavy atom. The maximum absolute atomic E-state index is 8.91. The number of hydrogen-bond acceptors (Lipinski definition) is 3. The van der Waals surface area contributed by atoms with Gasteiger partial charge < -0.3 is 4.74 Å². The van der Waals surface area contributed by atoms with Crippen molar-refractivity contribution in [3.8, 4) is 11.8 Å². The van der Waals surface area contributed by atoms with Gasteiger partial charge in [0.2, 0.25) is 0 Å². The average Bonchev–Trinajstić information content (AvgIpc) is 2.38. The van der Waals surface area contributed by atoms with Gasteiger partial charge in [0.1, 0.15) is 11.8 Å². The zero-order valence-corrected chi connectivity index (χ0v) is 10.9. The van der Waals surface area contributed by atoms with Crippen LogP contribution in [-0.4, -0.2) is 25.1 Å². The molecular weight excluding hydrogens is 212 g/mol.